The summed E-state index contributed by atoms with van der Waals surface area (Å²) in [6.07, 6.45) is 0. The van der Waals surface area contributed by atoms with Crippen molar-refractivity contribution in [2.45, 2.75) is 19.6 Å². The minimum absolute atomic E-state index is 0.0711. The monoisotopic (exact) mass is 302 g/mol. The molecular formula is C14H4F2N2S2. The zero-order chi connectivity index (χ0) is 14.3. The van der Waals surface area contributed by atoms with Gasteiger partial charge in [-0.15, -0.1) is 0 Å². The molecule has 96 valence electrons. The molecule has 1 heterocycles. The predicted molar refractivity (Wildman–Crippen MR) is 70.5 cm³/mol. The fourth-order valence-corrected chi connectivity index (χ4v) is 4.20. The largest absolute Gasteiger partial charge is 0.204 e. The van der Waals surface area contributed by atoms with Crippen molar-refractivity contribution in [2.75, 3.05) is 0 Å². The van der Waals surface area contributed by atoms with E-state index in [0.717, 1.165) is 33.3 Å². The van der Waals surface area contributed by atoms with E-state index < -0.39 is 22.8 Å². The first-order valence-corrected chi connectivity index (χ1v) is 7.10. The molecule has 20 heavy (non-hydrogen) atoms. The van der Waals surface area contributed by atoms with Gasteiger partial charge in [0.25, 0.3) is 0 Å². The Labute approximate surface area is 122 Å². The van der Waals surface area contributed by atoms with Crippen LogP contribution in [0.3, 0.4) is 0 Å². The van der Waals surface area contributed by atoms with E-state index >= 15 is 0 Å². The molecule has 1 aliphatic rings. The molecule has 1 aliphatic heterocycles. The zero-order valence-corrected chi connectivity index (χ0v) is 11.4. The van der Waals surface area contributed by atoms with Gasteiger partial charge in [0.05, 0.1) is 9.79 Å². The van der Waals surface area contributed by atoms with Gasteiger partial charge in [0.1, 0.15) is 23.3 Å². The van der Waals surface area contributed by atoms with Crippen LogP contribution in [0.25, 0.3) is 0 Å². The summed E-state index contributed by atoms with van der Waals surface area (Å²) in [5, 5.41) is 17.9. The Kier molecular flexibility index (Phi) is 3.13. The number of benzene rings is 2. The van der Waals surface area contributed by atoms with Gasteiger partial charge in [-0.3, -0.25) is 0 Å². The van der Waals surface area contributed by atoms with Crippen LogP contribution in [-0.2, 0) is 0 Å². The normalized spacial score (nSPS) is 12.0. The Morgan fingerprint density at radius 3 is 1.55 bits per heavy atom. The van der Waals surface area contributed by atoms with Crippen molar-refractivity contribution in [3.63, 3.8) is 0 Å². The van der Waals surface area contributed by atoms with E-state index in [1.165, 1.54) is 0 Å². The minimum atomic E-state index is -0.826. The number of hydrogen-bond acceptors (Lipinski definition) is 4. The molecule has 3 rings (SSSR count). The molecular weight excluding hydrogens is 298 g/mol. The van der Waals surface area contributed by atoms with Gasteiger partial charge in [-0.1, -0.05) is 35.7 Å². The lowest BCUT2D eigenvalue weighted by Gasteiger charge is -2.20. The average molecular weight is 302 g/mol. The number of halogens is 2. The summed E-state index contributed by atoms with van der Waals surface area (Å²) in [6, 6.07) is 10.4. The molecule has 0 bridgehead atoms. The van der Waals surface area contributed by atoms with Crippen molar-refractivity contribution >= 4 is 23.5 Å². The van der Waals surface area contributed by atoms with Gasteiger partial charge in [0.2, 0.25) is 0 Å². The SMILES string of the molecule is N#Cc1c(F)c2c(c(F)c1C#N)Sc1ccccc1S2. The lowest BCUT2D eigenvalue weighted by Crippen LogP contribution is -2.03. The smallest absolute Gasteiger partial charge is 0.157 e. The molecule has 0 aliphatic carbocycles. The zero-order valence-electron chi connectivity index (χ0n) is 9.78. The van der Waals surface area contributed by atoms with Crippen molar-refractivity contribution in [3.05, 3.63) is 47.0 Å². The van der Waals surface area contributed by atoms with E-state index in [9.17, 15) is 8.78 Å². The number of fused-ring (bicyclic) bond motifs is 2. The predicted octanol–water partition coefficient (Wildman–Crippen LogP) is 4.32. The molecule has 0 saturated heterocycles. The standard InChI is InChI=1S/C14H4F2N2S2/c15-11-7(5-17)8(6-18)12(16)14-13(11)19-9-3-1-2-4-10(9)20-14/h1-4H. The van der Waals surface area contributed by atoms with Crippen LogP contribution < -0.4 is 0 Å². The minimum Gasteiger partial charge on any atom is -0.204 e. The van der Waals surface area contributed by atoms with Crippen LogP contribution in [0.15, 0.2) is 43.8 Å². The third kappa shape index (κ3) is 1.77. The molecule has 0 radical (unpaired) electrons. The molecule has 0 atom stereocenters. The van der Waals surface area contributed by atoms with Gasteiger partial charge in [0.15, 0.2) is 11.6 Å². The fourth-order valence-electron chi connectivity index (χ4n) is 1.88. The summed E-state index contributed by atoms with van der Waals surface area (Å²) in [7, 11) is 0. The summed E-state index contributed by atoms with van der Waals surface area (Å²) >= 11 is 2.15. The number of hydrogen-bond donors (Lipinski definition) is 0. The molecule has 2 aromatic rings. The van der Waals surface area contributed by atoms with E-state index in [2.05, 4.69) is 0 Å². The highest BCUT2D eigenvalue weighted by Gasteiger charge is 2.29. The molecule has 0 fully saturated rings. The van der Waals surface area contributed by atoms with Crippen LogP contribution >= 0.6 is 23.5 Å². The van der Waals surface area contributed by atoms with Gasteiger partial charge >= 0.3 is 0 Å². The number of rotatable bonds is 0. The number of nitrogens with zero attached hydrogens (tertiary/aromatic N) is 2. The third-order valence-electron chi connectivity index (χ3n) is 2.79. The number of nitriles is 2. The van der Waals surface area contributed by atoms with Crippen molar-refractivity contribution in [3.8, 4) is 12.1 Å². The Morgan fingerprint density at radius 2 is 1.20 bits per heavy atom. The second-order valence-corrected chi connectivity index (χ2v) is 6.02. The van der Waals surface area contributed by atoms with Crippen LogP contribution in [0.1, 0.15) is 11.1 Å². The van der Waals surface area contributed by atoms with Crippen LogP contribution in [0.4, 0.5) is 8.78 Å². The molecule has 2 nitrogen and oxygen atoms in total. The first-order valence-electron chi connectivity index (χ1n) is 5.47. The molecule has 0 amide bonds. The van der Waals surface area contributed by atoms with E-state index in [-0.39, 0.29) is 9.79 Å². The van der Waals surface area contributed by atoms with E-state index in [0.29, 0.717) is 0 Å². The Hall–Kier alpha value is -2.02. The average Bonchev–Trinajstić information content (AvgIpc) is 2.49. The lowest BCUT2D eigenvalue weighted by atomic mass is 10.1. The maximum Gasteiger partial charge on any atom is 0.157 e. The van der Waals surface area contributed by atoms with Crippen molar-refractivity contribution < 1.29 is 8.78 Å². The van der Waals surface area contributed by atoms with Crippen LogP contribution in [0, 0.1) is 34.3 Å². The van der Waals surface area contributed by atoms with E-state index in [1.54, 1.807) is 36.4 Å². The Bertz CT molecular complexity index is 751. The summed E-state index contributed by atoms with van der Waals surface area (Å²) in [5.41, 5.74) is -1.06. The quantitative estimate of drug-likeness (QED) is 0.620. The van der Waals surface area contributed by atoms with Crippen LogP contribution in [0.5, 0.6) is 0 Å². The summed E-state index contributed by atoms with van der Waals surface area (Å²) in [5.74, 6) is -1.65. The van der Waals surface area contributed by atoms with Crippen LogP contribution in [0.2, 0.25) is 0 Å². The molecule has 0 saturated carbocycles. The van der Waals surface area contributed by atoms with Crippen molar-refractivity contribution in [1.29, 1.82) is 10.5 Å². The highest BCUT2D eigenvalue weighted by Crippen LogP contribution is 2.51. The first kappa shape index (κ1) is 13.0. The second kappa shape index (κ2) is 4.82. The van der Waals surface area contributed by atoms with Gasteiger partial charge in [-0.2, -0.15) is 10.5 Å². The molecule has 6 heteroatoms. The molecule has 0 unspecified atom stereocenters. The lowest BCUT2D eigenvalue weighted by molar-refractivity contribution is 0.543. The van der Waals surface area contributed by atoms with Crippen LogP contribution in [-0.4, -0.2) is 0 Å². The summed E-state index contributed by atoms with van der Waals surface area (Å²) < 4.78 is 28.6. The highest BCUT2D eigenvalue weighted by atomic mass is 32.2. The van der Waals surface area contributed by atoms with Crippen molar-refractivity contribution in [2.24, 2.45) is 0 Å². The van der Waals surface area contributed by atoms with Gasteiger partial charge < -0.3 is 0 Å². The van der Waals surface area contributed by atoms with E-state index in [4.69, 9.17) is 10.5 Å². The molecule has 0 N–H and O–H groups in total. The van der Waals surface area contributed by atoms with Gasteiger partial charge in [-0.05, 0) is 12.1 Å². The highest BCUT2D eigenvalue weighted by molar-refractivity contribution is 8.05. The summed E-state index contributed by atoms with van der Waals surface area (Å²) in [6.45, 7) is 0. The van der Waals surface area contributed by atoms with Gasteiger partial charge in [0, 0.05) is 9.79 Å². The second-order valence-electron chi connectivity index (χ2n) is 3.91. The Balaban J connectivity index is 2.30. The molecule has 2 aromatic carbocycles. The fraction of sp³-hybridized carbons (Fsp3) is 0. The maximum absolute atomic E-state index is 14.3. The maximum atomic E-state index is 14.3. The molecule has 0 spiro atoms. The molecule has 0 aromatic heterocycles. The summed E-state index contributed by atoms with van der Waals surface area (Å²) in [4.78, 5) is 1.75. The topological polar surface area (TPSA) is 47.6 Å². The van der Waals surface area contributed by atoms with Crippen molar-refractivity contribution in [1.82, 2.24) is 0 Å². The third-order valence-corrected chi connectivity index (χ3v) is 5.38. The van der Waals surface area contributed by atoms with Gasteiger partial charge in [-0.25, -0.2) is 8.78 Å². The Morgan fingerprint density at radius 1 is 0.800 bits per heavy atom. The van der Waals surface area contributed by atoms with E-state index in [1.807, 2.05) is 0 Å². The first-order chi connectivity index (χ1) is 9.67.